The molecule has 2 rings (SSSR count). The summed E-state index contributed by atoms with van der Waals surface area (Å²) < 4.78 is 38.6. The Labute approximate surface area is 167 Å². The fourth-order valence-electron chi connectivity index (χ4n) is 1.94. The number of hydrogen-bond donors (Lipinski definition) is 1. The van der Waals surface area contributed by atoms with E-state index in [1.165, 1.54) is 12.1 Å². The predicted molar refractivity (Wildman–Crippen MR) is 107 cm³/mol. The quantitative estimate of drug-likeness (QED) is 0.495. The third-order valence-corrected chi connectivity index (χ3v) is 5.15. The number of benzene rings is 2. The molecule has 0 aromatic heterocycles. The van der Waals surface area contributed by atoms with Gasteiger partial charge in [0.15, 0.2) is 0 Å². The van der Waals surface area contributed by atoms with Gasteiger partial charge in [0.05, 0.1) is 4.90 Å². The zero-order valence-corrected chi connectivity index (χ0v) is 17.6. The van der Waals surface area contributed by atoms with Crippen LogP contribution >= 0.6 is 22.6 Å². The largest absolute Gasteiger partial charge is 0.459 e. The van der Waals surface area contributed by atoms with Gasteiger partial charge in [-0.2, -0.15) is 4.72 Å². The molecule has 0 saturated carbocycles. The van der Waals surface area contributed by atoms with Gasteiger partial charge >= 0.3 is 5.97 Å². The van der Waals surface area contributed by atoms with Crippen molar-refractivity contribution in [3.05, 3.63) is 52.1 Å². The molecule has 8 heteroatoms. The maximum atomic E-state index is 12.2. The number of sulfonamides is 1. The molecule has 0 radical (unpaired) electrons. The SMILES string of the molecule is CC(C)(C)OC(=O)CNS(=O)(=O)c1ccc(Oc2ccc(I)cc2)cc1. The van der Waals surface area contributed by atoms with Crippen molar-refractivity contribution in [2.45, 2.75) is 31.3 Å². The maximum absolute atomic E-state index is 12.2. The van der Waals surface area contributed by atoms with Crippen LogP contribution in [0, 0.1) is 3.57 Å². The number of rotatable bonds is 6. The van der Waals surface area contributed by atoms with Crippen LogP contribution in [0.25, 0.3) is 0 Å². The molecule has 2 aromatic carbocycles. The molecule has 0 heterocycles. The molecule has 0 aliphatic heterocycles. The number of halogens is 1. The van der Waals surface area contributed by atoms with Crippen LogP contribution in [0.15, 0.2) is 53.4 Å². The summed E-state index contributed by atoms with van der Waals surface area (Å²) in [7, 11) is -3.81. The van der Waals surface area contributed by atoms with Crippen molar-refractivity contribution in [1.82, 2.24) is 4.72 Å². The summed E-state index contributed by atoms with van der Waals surface area (Å²) in [5.74, 6) is 0.529. The van der Waals surface area contributed by atoms with Crippen LogP contribution in [0.2, 0.25) is 0 Å². The van der Waals surface area contributed by atoms with Crippen molar-refractivity contribution in [3.63, 3.8) is 0 Å². The molecule has 6 nitrogen and oxygen atoms in total. The number of ether oxygens (including phenoxy) is 2. The Kier molecular flexibility index (Phi) is 6.64. The third kappa shape index (κ3) is 6.58. The number of carbonyl (C=O) groups is 1. The average molecular weight is 489 g/mol. The normalized spacial score (nSPS) is 11.8. The van der Waals surface area contributed by atoms with Gasteiger partial charge in [0.1, 0.15) is 23.6 Å². The van der Waals surface area contributed by atoms with E-state index >= 15 is 0 Å². The first-order chi connectivity index (χ1) is 12.0. The number of hydrogen-bond acceptors (Lipinski definition) is 5. The van der Waals surface area contributed by atoms with Gasteiger partial charge < -0.3 is 9.47 Å². The zero-order chi connectivity index (χ0) is 19.4. The summed E-state index contributed by atoms with van der Waals surface area (Å²) in [6, 6.07) is 13.4. The van der Waals surface area contributed by atoms with Crippen LogP contribution in [0.4, 0.5) is 0 Å². The van der Waals surface area contributed by atoms with E-state index < -0.39 is 28.1 Å². The summed E-state index contributed by atoms with van der Waals surface area (Å²) in [5.41, 5.74) is -0.670. The lowest BCUT2D eigenvalue weighted by Gasteiger charge is -2.19. The van der Waals surface area contributed by atoms with Gasteiger partial charge in [-0.15, -0.1) is 0 Å². The topological polar surface area (TPSA) is 81.7 Å². The molecule has 140 valence electrons. The number of carbonyl (C=O) groups excluding carboxylic acids is 1. The standard InChI is InChI=1S/C18H20INO5S/c1-18(2,3)25-17(21)12-20-26(22,23)16-10-8-15(9-11-16)24-14-6-4-13(19)5-7-14/h4-11,20H,12H2,1-3H3. The highest BCUT2D eigenvalue weighted by molar-refractivity contribution is 14.1. The number of esters is 1. The first-order valence-corrected chi connectivity index (χ1v) is 10.4. The molecule has 0 aliphatic rings. The van der Waals surface area contributed by atoms with Crippen molar-refractivity contribution < 1.29 is 22.7 Å². The number of nitrogens with one attached hydrogen (secondary N) is 1. The fourth-order valence-corrected chi connectivity index (χ4v) is 3.27. The molecular formula is C18H20INO5S. The van der Waals surface area contributed by atoms with Crippen LogP contribution in [-0.4, -0.2) is 26.5 Å². The second-order valence-corrected chi connectivity index (χ2v) is 9.45. The fraction of sp³-hybridized carbons (Fsp3) is 0.278. The molecule has 2 aromatic rings. The van der Waals surface area contributed by atoms with Crippen LogP contribution in [0.5, 0.6) is 11.5 Å². The van der Waals surface area contributed by atoms with Gasteiger partial charge in [-0.25, -0.2) is 8.42 Å². The molecule has 0 atom stereocenters. The monoisotopic (exact) mass is 489 g/mol. The predicted octanol–water partition coefficient (Wildman–Crippen LogP) is 3.70. The minimum absolute atomic E-state index is 0.0380. The van der Waals surface area contributed by atoms with Crippen LogP contribution in [0.3, 0.4) is 0 Å². The first-order valence-electron chi connectivity index (χ1n) is 7.80. The maximum Gasteiger partial charge on any atom is 0.321 e. The first kappa shape index (κ1) is 20.7. The Morgan fingerprint density at radius 2 is 1.50 bits per heavy atom. The lowest BCUT2D eigenvalue weighted by Crippen LogP contribution is -2.34. The molecule has 0 bridgehead atoms. The van der Waals surface area contributed by atoms with E-state index in [0.29, 0.717) is 11.5 Å². The van der Waals surface area contributed by atoms with Gasteiger partial charge in [0.25, 0.3) is 0 Å². The molecule has 0 aliphatic carbocycles. The molecule has 0 spiro atoms. The Balaban J connectivity index is 1.99. The van der Waals surface area contributed by atoms with Crippen LogP contribution in [-0.2, 0) is 19.6 Å². The lowest BCUT2D eigenvalue weighted by molar-refractivity contribution is -0.153. The Morgan fingerprint density at radius 1 is 1.00 bits per heavy atom. The van der Waals surface area contributed by atoms with Crippen molar-refractivity contribution in [2.75, 3.05) is 6.54 Å². The highest BCUT2D eigenvalue weighted by atomic mass is 127. The highest BCUT2D eigenvalue weighted by Gasteiger charge is 2.20. The minimum atomic E-state index is -3.81. The zero-order valence-electron chi connectivity index (χ0n) is 14.7. The third-order valence-electron chi connectivity index (χ3n) is 3.01. The summed E-state index contributed by atoms with van der Waals surface area (Å²) in [6.45, 7) is 4.71. The van der Waals surface area contributed by atoms with E-state index in [1.807, 2.05) is 24.3 Å². The summed E-state index contributed by atoms with van der Waals surface area (Å²) in [4.78, 5) is 11.7. The Hall–Kier alpha value is -1.65. The second-order valence-electron chi connectivity index (χ2n) is 6.44. The van der Waals surface area contributed by atoms with Crippen molar-refractivity contribution in [1.29, 1.82) is 0 Å². The molecule has 0 amide bonds. The van der Waals surface area contributed by atoms with E-state index in [1.54, 1.807) is 32.9 Å². The van der Waals surface area contributed by atoms with Gasteiger partial charge in [0, 0.05) is 3.57 Å². The summed E-state index contributed by atoms with van der Waals surface area (Å²) >= 11 is 2.20. The van der Waals surface area contributed by atoms with Gasteiger partial charge in [-0.3, -0.25) is 4.79 Å². The van der Waals surface area contributed by atoms with E-state index in [-0.39, 0.29) is 4.90 Å². The van der Waals surface area contributed by atoms with Gasteiger partial charge in [-0.1, -0.05) is 0 Å². The van der Waals surface area contributed by atoms with Crippen molar-refractivity contribution >= 4 is 38.6 Å². The molecule has 0 unspecified atom stereocenters. The van der Waals surface area contributed by atoms with Crippen molar-refractivity contribution in [3.8, 4) is 11.5 Å². The summed E-state index contributed by atoms with van der Waals surface area (Å²) in [5, 5.41) is 0. The Bertz CT molecular complexity index is 856. The Morgan fingerprint density at radius 3 is 2.00 bits per heavy atom. The summed E-state index contributed by atoms with van der Waals surface area (Å²) in [6.07, 6.45) is 0. The van der Waals surface area contributed by atoms with E-state index in [0.717, 1.165) is 3.57 Å². The molecular weight excluding hydrogens is 469 g/mol. The molecule has 26 heavy (non-hydrogen) atoms. The van der Waals surface area contributed by atoms with E-state index in [9.17, 15) is 13.2 Å². The van der Waals surface area contributed by atoms with Crippen molar-refractivity contribution in [2.24, 2.45) is 0 Å². The van der Waals surface area contributed by atoms with Crippen LogP contribution in [0.1, 0.15) is 20.8 Å². The van der Waals surface area contributed by atoms with E-state index in [2.05, 4.69) is 27.3 Å². The van der Waals surface area contributed by atoms with Gasteiger partial charge in [-0.05, 0) is 91.9 Å². The lowest BCUT2D eigenvalue weighted by atomic mass is 10.2. The minimum Gasteiger partial charge on any atom is -0.459 e. The average Bonchev–Trinajstić information content (AvgIpc) is 2.54. The molecule has 1 N–H and O–H groups in total. The highest BCUT2D eigenvalue weighted by Crippen LogP contribution is 2.23. The smallest absolute Gasteiger partial charge is 0.321 e. The molecule has 0 fully saturated rings. The molecule has 0 saturated heterocycles. The van der Waals surface area contributed by atoms with Gasteiger partial charge in [0.2, 0.25) is 10.0 Å². The van der Waals surface area contributed by atoms with Crippen LogP contribution < -0.4 is 9.46 Å². The van der Waals surface area contributed by atoms with E-state index in [4.69, 9.17) is 9.47 Å². The second kappa shape index (κ2) is 8.36.